The van der Waals surface area contributed by atoms with E-state index in [1.165, 1.54) is 0 Å². The number of hydrogen-bond donors (Lipinski definition) is 1. The second kappa shape index (κ2) is 5.56. The molecule has 4 nitrogen and oxygen atoms in total. The van der Waals surface area contributed by atoms with Crippen molar-refractivity contribution in [3.05, 3.63) is 58.3 Å². The standard InChI is InChI=1S/C14H10ClN3OS/c15-13-9(4-3-7-16-13)14(19)17-8-12-18-10-5-1-2-6-11(10)20-12/h1-7H,8H2,(H,17,19). The molecule has 3 rings (SSSR count). The van der Waals surface area contributed by atoms with Gasteiger partial charge in [-0.25, -0.2) is 9.97 Å². The Kier molecular flexibility index (Phi) is 3.62. The van der Waals surface area contributed by atoms with Crippen molar-refractivity contribution in [3.63, 3.8) is 0 Å². The second-order valence-corrected chi connectivity index (χ2v) is 5.57. The van der Waals surface area contributed by atoms with Gasteiger partial charge in [-0.05, 0) is 24.3 Å². The third kappa shape index (κ3) is 2.64. The van der Waals surface area contributed by atoms with Gasteiger partial charge in [-0.15, -0.1) is 11.3 Å². The molecule has 0 atom stereocenters. The zero-order valence-electron chi connectivity index (χ0n) is 10.3. The van der Waals surface area contributed by atoms with Crippen molar-refractivity contribution in [2.45, 2.75) is 6.54 Å². The molecule has 20 heavy (non-hydrogen) atoms. The number of rotatable bonds is 3. The van der Waals surface area contributed by atoms with Crippen molar-refractivity contribution in [3.8, 4) is 0 Å². The molecule has 0 aliphatic rings. The van der Waals surface area contributed by atoms with Crippen LogP contribution >= 0.6 is 22.9 Å². The Morgan fingerprint density at radius 3 is 2.90 bits per heavy atom. The maximum absolute atomic E-state index is 12.0. The minimum Gasteiger partial charge on any atom is -0.345 e. The first-order valence-electron chi connectivity index (χ1n) is 5.97. The summed E-state index contributed by atoms with van der Waals surface area (Å²) in [5.41, 5.74) is 1.32. The number of hydrogen-bond acceptors (Lipinski definition) is 4. The summed E-state index contributed by atoms with van der Waals surface area (Å²) in [6.45, 7) is 0.378. The summed E-state index contributed by atoms with van der Waals surface area (Å²) in [5.74, 6) is -0.248. The number of para-hydroxylation sites is 1. The van der Waals surface area contributed by atoms with E-state index >= 15 is 0 Å². The third-order valence-electron chi connectivity index (χ3n) is 2.74. The van der Waals surface area contributed by atoms with Gasteiger partial charge in [0.2, 0.25) is 0 Å². The van der Waals surface area contributed by atoms with Crippen LogP contribution in [-0.4, -0.2) is 15.9 Å². The normalized spacial score (nSPS) is 10.7. The van der Waals surface area contributed by atoms with Crippen molar-refractivity contribution in [1.82, 2.24) is 15.3 Å². The number of fused-ring (bicyclic) bond motifs is 1. The van der Waals surface area contributed by atoms with Gasteiger partial charge in [0.15, 0.2) is 0 Å². The van der Waals surface area contributed by atoms with Gasteiger partial charge in [0.1, 0.15) is 10.2 Å². The largest absolute Gasteiger partial charge is 0.345 e. The lowest BCUT2D eigenvalue weighted by atomic mass is 10.3. The van der Waals surface area contributed by atoms with Crippen LogP contribution in [0.15, 0.2) is 42.6 Å². The molecule has 0 saturated heterocycles. The van der Waals surface area contributed by atoms with E-state index in [4.69, 9.17) is 11.6 Å². The molecule has 0 aliphatic heterocycles. The molecule has 100 valence electrons. The maximum Gasteiger partial charge on any atom is 0.254 e. The Labute approximate surface area is 124 Å². The van der Waals surface area contributed by atoms with Gasteiger partial charge in [-0.1, -0.05) is 23.7 Å². The van der Waals surface area contributed by atoms with E-state index in [9.17, 15) is 4.79 Å². The number of carbonyl (C=O) groups excluding carboxylic acids is 1. The molecule has 0 radical (unpaired) electrons. The first-order valence-corrected chi connectivity index (χ1v) is 7.16. The molecule has 0 spiro atoms. The number of amides is 1. The SMILES string of the molecule is O=C(NCc1nc2ccccc2s1)c1cccnc1Cl. The molecule has 0 bridgehead atoms. The van der Waals surface area contributed by atoms with Gasteiger partial charge in [-0.3, -0.25) is 4.79 Å². The monoisotopic (exact) mass is 303 g/mol. The number of carbonyl (C=O) groups is 1. The number of thiazole rings is 1. The fourth-order valence-corrected chi connectivity index (χ4v) is 2.91. The molecule has 2 aromatic heterocycles. The van der Waals surface area contributed by atoms with E-state index in [1.807, 2.05) is 24.3 Å². The van der Waals surface area contributed by atoms with Crippen LogP contribution in [0, 0.1) is 0 Å². The summed E-state index contributed by atoms with van der Waals surface area (Å²) in [6, 6.07) is 11.2. The molecule has 0 saturated carbocycles. The van der Waals surface area contributed by atoms with E-state index < -0.39 is 0 Å². The summed E-state index contributed by atoms with van der Waals surface area (Å²) in [4.78, 5) is 20.3. The molecular formula is C14H10ClN3OS. The topological polar surface area (TPSA) is 54.9 Å². The average molecular weight is 304 g/mol. The summed E-state index contributed by atoms with van der Waals surface area (Å²) < 4.78 is 1.11. The predicted octanol–water partition coefficient (Wildman–Crippen LogP) is 3.27. The average Bonchev–Trinajstić information content (AvgIpc) is 2.88. The first-order chi connectivity index (χ1) is 9.74. The molecule has 6 heteroatoms. The molecule has 2 heterocycles. The van der Waals surface area contributed by atoms with Gasteiger partial charge >= 0.3 is 0 Å². The predicted molar refractivity (Wildman–Crippen MR) is 80.0 cm³/mol. The summed E-state index contributed by atoms with van der Waals surface area (Å²) >= 11 is 7.44. The summed E-state index contributed by atoms with van der Waals surface area (Å²) in [6.07, 6.45) is 1.55. The number of aromatic nitrogens is 2. The molecule has 1 aromatic carbocycles. The second-order valence-electron chi connectivity index (χ2n) is 4.10. The summed E-state index contributed by atoms with van der Waals surface area (Å²) in [5, 5.41) is 3.87. The smallest absolute Gasteiger partial charge is 0.254 e. The number of halogens is 1. The van der Waals surface area contributed by atoms with E-state index in [0.29, 0.717) is 12.1 Å². The zero-order chi connectivity index (χ0) is 13.9. The van der Waals surface area contributed by atoms with Gasteiger partial charge < -0.3 is 5.32 Å². The Bertz CT molecular complexity index is 739. The molecule has 0 aliphatic carbocycles. The fraction of sp³-hybridized carbons (Fsp3) is 0.0714. The van der Waals surface area contributed by atoms with Crippen molar-refractivity contribution in [2.24, 2.45) is 0 Å². The van der Waals surface area contributed by atoms with Crippen molar-refractivity contribution < 1.29 is 4.79 Å². The van der Waals surface area contributed by atoms with E-state index in [2.05, 4.69) is 15.3 Å². The highest BCUT2D eigenvalue weighted by molar-refractivity contribution is 7.18. The van der Waals surface area contributed by atoms with Crippen LogP contribution in [-0.2, 0) is 6.54 Å². The van der Waals surface area contributed by atoms with Crippen molar-refractivity contribution in [1.29, 1.82) is 0 Å². The molecule has 1 N–H and O–H groups in total. The lowest BCUT2D eigenvalue weighted by Gasteiger charge is -2.03. The Morgan fingerprint density at radius 1 is 1.25 bits per heavy atom. The molecule has 0 unspecified atom stereocenters. The van der Waals surface area contributed by atoms with Crippen LogP contribution in [0.1, 0.15) is 15.4 Å². The van der Waals surface area contributed by atoms with Crippen LogP contribution in [0.2, 0.25) is 5.15 Å². The van der Waals surface area contributed by atoms with Crippen LogP contribution in [0.3, 0.4) is 0 Å². The Morgan fingerprint density at radius 2 is 2.10 bits per heavy atom. The van der Waals surface area contributed by atoms with Gasteiger partial charge in [0.05, 0.1) is 22.3 Å². The quantitative estimate of drug-likeness (QED) is 0.756. The van der Waals surface area contributed by atoms with Gasteiger partial charge in [-0.2, -0.15) is 0 Å². The number of pyridine rings is 1. The van der Waals surface area contributed by atoms with Crippen molar-refractivity contribution in [2.75, 3.05) is 0 Å². The molecular weight excluding hydrogens is 294 g/mol. The fourth-order valence-electron chi connectivity index (χ4n) is 1.80. The lowest BCUT2D eigenvalue weighted by molar-refractivity contribution is 0.0950. The number of benzene rings is 1. The molecule has 3 aromatic rings. The van der Waals surface area contributed by atoms with Crippen LogP contribution in [0.25, 0.3) is 10.2 Å². The van der Waals surface area contributed by atoms with E-state index in [-0.39, 0.29) is 11.1 Å². The van der Waals surface area contributed by atoms with E-state index in [0.717, 1.165) is 15.2 Å². The Hall–Kier alpha value is -1.98. The minimum atomic E-state index is -0.248. The zero-order valence-corrected chi connectivity index (χ0v) is 11.9. The van der Waals surface area contributed by atoms with E-state index in [1.54, 1.807) is 29.7 Å². The third-order valence-corrected chi connectivity index (χ3v) is 4.08. The maximum atomic E-state index is 12.0. The highest BCUT2D eigenvalue weighted by Crippen LogP contribution is 2.21. The minimum absolute atomic E-state index is 0.203. The van der Waals surface area contributed by atoms with Crippen LogP contribution in [0.5, 0.6) is 0 Å². The number of nitrogens with zero attached hydrogens (tertiary/aromatic N) is 2. The number of nitrogens with one attached hydrogen (secondary N) is 1. The molecule has 0 fully saturated rings. The van der Waals surface area contributed by atoms with Crippen LogP contribution < -0.4 is 5.32 Å². The highest BCUT2D eigenvalue weighted by Gasteiger charge is 2.11. The highest BCUT2D eigenvalue weighted by atomic mass is 35.5. The van der Waals surface area contributed by atoms with Gasteiger partial charge in [0, 0.05) is 6.20 Å². The van der Waals surface area contributed by atoms with Gasteiger partial charge in [0.25, 0.3) is 5.91 Å². The lowest BCUT2D eigenvalue weighted by Crippen LogP contribution is -2.23. The van der Waals surface area contributed by atoms with Crippen molar-refractivity contribution >= 4 is 39.1 Å². The van der Waals surface area contributed by atoms with Crippen LogP contribution in [0.4, 0.5) is 0 Å². The molecule has 1 amide bonds. The summed E-state index contributed by atoms with van der Waals surface area (Å²) in [7, 11) is 0. The first kappa shape index (κ1) is 13.0. The Balaban J connectivity index is 1.73.